The summed E-state index contributed by atoms with van der Waals surface area (Å²) in [6.07, 6.45) is 105. The second-order valence-corrected chi connectivity index (χ2v) is 28.9. The highest BCUT2D eigenvalue weighted by Crippen LogP contribution is 2.26. The van der Waals surface area contributed by atoms with E-state index in [0.29, 0.717) is 6.61 Å². The van der Waals surface area contributed by atoms with Crippen molar-refractivity contribution in [1.29, 1.82) is 0 Å². The van der Waals surface area contributed by atoms with Crippen molar-refractivity contribution in [2.24, 2.45) is 11.8 Å². The van der Waals surface area contributed by atoms with Crippen molar-refractivity contribution in [3.63, 3.8) is 0 Å². The van der Waals surface area contributed by atoms with Crippen molar-refractivity contribution < 1.29 is 5.11 Å². The largest absolute Gasteiger partial charge is 0.396 e. The van der Waals surface area contributed by atoms with E-state index >= 15 is 0 Å². The molecule has 0 amide bonds. The van der Waals surface area contributed by atoms with Crippen molar-refractivity contribution in [3.8, 4) is 0 Å². The number of rotatable bonds is 74. The molecule has 518 valence electrons. The molecule has 0 rings (SSSR count). The van der Waals surface area contributed by atoms with Crippen LogP contribution < -0.4 is 0 Å². The summed E-state index contributed by atoms with van der Waals surface area (Å²) in [5.41, 5.74) is 0. The fourth-order valence-corrected chi connectivity index (χ4v) is 14.0. The molecule has 0 saturated carbocycles. The number of hydrogen-bond acceptors (Lipinski definition) is 1. The van der Waals surface area contributed by atoms with Gasteiger partial charge in [-0.25, -0.2) is 0 Å². The van der Waals surface area contributed by atoms with E-state index in [-0.39, 0.29) is 7.43 Å². The third-order valence-electron chi connectivity index (χ3n) is 19.4. The zero-order chi connectivity index (χ0) is 61.5. The van der Waals surface area contributed by atoms with Crippen molar-refractivity contribution >= 4 is 59.8 Å². The summed E-state index contributed by atoms with van der Waals surface area (Å²) in [6.45, 7) is 9.62. The lowest BCUT2D eigenvalue weighted by atomic mass is 9.90. The molecule has 0 saturated heterocycles. The minimum Gasteiger partial charge on any atom is -0.396 e. The second kappa shape index (κ2) is 92.6. The highest BCUT2D eigenvalue weighted by atomic mass is 128. The highest BCUT2D eigenvalue weighted by molar-refractivity contribution is 15.0. The predicted molar refractivity (Wildman–Crippen MR) is 423 cm³/mol. The summed E-state index contributed by atoms with van der Waals surface area (Å²) >= 11 is 6.82. The van der Waals surface area contributed by atoms with Gasteiger partial charge in [0, 0.05) is 43.8 Å². The molecule has 0 aromatic rings. The van der Waals surface area contributed by atoms with Crippen LogP contribution in [0.1, 0.15) is 497 Å². The lowest BCUT2D eigenvalue weighted by Gasteiger charge is -2.16. The van der Waals surface area contributed by atoms with E-state index in [1.807, 2.05) is 0 Å². The molecule has 0 spiro atoms. The summed E-state index contributed by atoms with van der Waals surface area (Å²) in [5.74, 6) is 1.91. The Balaban J connectivity index is -0.000000741. The maximum absolute atomic E-state index is 9.34. The number of aliphatic hydroxyl groups is 1. The summed E-state index contributed by atoms with van der Waals surface area (Å²) < 4.78 is 1.35. The van der Waals surface area contributed by atoms with Gasteiger partial charge in [0.25, 0.3) is 0 Å². The number of halogens is 3. The maximum atomic E-state index is 9.34. The minimum atomic E-state index is 0. The molecule has 4 heteroatoms. The first-order chi connectivity index (χ1) is 41.7. The van der Waals surface area contributed by atoms with Crippen molar-refractivity contribution in [2.45, 2.75) is 497 Å². The number of alkyl halides is 1. The predicted octanol–water partition coefficient (Wildman–Crippen LogP) is 33.2. The van der Waals surface area contributed by atoms with Crippen LogP contribution in [0.5, 0.6) is 0 Å². The van der Waals surface area contributed by atoms with E-state index in [2.05, 4.69) is 87.5 Å². The molecule has 0 aliphatic rings. The van der Waals surface area contributed by atoms with Crippen LogP contribution in [-0.2, 0) is 0 Å². The van der Waals surface area contributed by atoms with Gasteiger partial charge in [-0.15, -0.1) is 0 Å². The normalized spacial score (nSPS) is 11.4. The first-order valence-electron chi connectivity index (χ1n) is 40.0. The topological polar surface area (TPSA) is 20.2 Å². The van der Waals surface area contributed by atoms with E-state index in [0.717, 1.165) is 18.3 Å². The Morgan fingerprint density at radius 3 is 0.435 bits per heavy atom. The van der Waals surface area contributed by atoms with Crippen LogP contribution in [0.2, 0.25) is 0 Å². The van der Waals surface area contributed by atoms with Gasteiger partial charge in [-0.3, -0.25) is 0 Å². The third kappa shape index (κ3) is 90.4. The molecule has 0 aromatic heterocycles. The molecule has 1 nitrogen and oxygen atoms in total. The lowest BCUT2D eigenvalue weighted by Crippen LogP contribution is -2.02. The molecule has 0 radical (unpaired) electrons. The minimum absolute atomic E-state index is 0. The van der Waals surface area contributed by atoms with Gasteiger partial charge in [-0.05, 0) is 41.9 Å². The van der Waals surface area contributed by atoms with Crippen molar-refractivity contribution in [2.75, 3.05) is 11.0 Å². The van der Waals surface area contributed by atoms with Crippen molar-refractivity contribution in [3.05, 3.63) is 0 Å². The van der Waals surface area contributed by atoms with Gasteiger partial charge in [-0.2, -0.15) is 0 Å². The third-order valence-corrected chi connectivity index (χ3v) is 20.1. The Labute approximate surface area is 580 Å². The van der Waals surface area contributed by atoms with Gasteiger partial charge < -0.3 is 5.11 Å². The Hall–Kier alpha value is 2.15. The van der Waals surface area contributed by atoms with Gasteiger partial charge in [-0.1, -0.05) is 494 Å². The van der Waals surface area contributed by atoms with Crippen LogP contribution in [-0.4, -0.2) is 16.1 Å². The van der Waals surface area contributed by atoms with E-state index in [4.69, 9.17) is 0 Å². The molecule has 0 bridgehead atoms. The Morgan fingerprint density at radius 2 is 0.306 bits per heavy atom. The van der Waals surface area contributed by atoms with Crippen LogP contribution in [0.4, 0.5) is 0 Å². The fourth-order valence-electron chi connectivity index (χ4n) is 13.5. The first kappa shape index (κ1) is 93.6. The molecule has 0 aromatic carbocycles. The van der Waals surface area contributed by atoms with E-state index in [1.54, 1.807) is 0 Å². The van der Waals surface area contributed by atoms with E-state index in [9.17, 15) is 5.11 Å². The van der Waals surface area contributed by atoms with Gasteiger partial charge in [0.15, 0.2) is 0 Å². The monoisotopic (exact) mass is 1540 g/mol. The number of unbranched alkanes of at least 4 members (excludes halogenated alkanes) is 60. The molecular weight excluding hydrogens is 1370 g/mol. The quantitative estimate of drug-likeness (QED) is 0.0366. The molecule has 0 unspecified atom stereocenters. The summed E-state index contributed by atoms with van der Waals surface area (Å²) in [6, 6.07) is 0. The Kier molecular flexibility index (Phi) is 102. The van der Waals surface area contributed by atoms with Gasteiger partial charge in [0.05, 0.1) is 0 Å². The zero-order valence-corrected chi connectivity index (χ0v) is 65.5. The van der Waals surface area contributed by atoms with Crippen LogP contribution in [0, 0.1) is 11.8 Å². The van der Waals surface area contributed by atoms with E-state index < -0.39 is 0 Å². The number of aliphatic hydroxyl groups excluding tert-OH is 1. The molecule has 0 atom stereocenters. The smallest absolute Gasteiger partial charge is 0.0431 e. The summed E-state index contributed by atoms with van der Waals surface area (Å²) in [4.78, 5) is 0. The molecule has 85 heavy (non-hydrogen) atoms. The van der Waals surface area contributed by atoms with Gasteiger partial charge >= 0.3 is 0 Å². The molecule has 1 N–H and O–H groups in total. The van der Waals surface area contributed by atoms with E-state index in [1.165, 1.54) is 460 Å². The SMILES string of the molecule is C.CCCCCCCCCCCCCCCCCCC(CCCI)CCCCCCCCCCCCCCCCCC.CCCCCCCCCCCCCCCCCCC(CCCO)CCCCCCCCCCCCCCCCCC.II. The van der Waals surface area contributed by atoms with Crippen molar-refractivity contribution in [1.82, 2.24) is 0 Å². The van der Waals surface area contributed by atoms with Gasteiger partial charge in [0.2, 0.25) is 0 Å². The van der Waals surface area contributed by atoms with Gasteiger partial charge in [0.1, 0.15) is 0 Å². The molecule has 0 fully saturated rings. The lowest BCUT2D eigenvalue weighted by molar-refractivity contribution is 0.261. The highest BCUT2D eigenvalue weighted by Gasteiger charge is 2.10. The zero-order valence-electron chi connectivity index (χ0n) is 59.1. The van der Waals surface area contributed by atoms with Crippen LogP contribution in [0.25, 0.3) is 0 Å². The molecule has 0 heterocycles. The Morgan fingerprint density at radius 1 is 0.188 bits per heavy atom. The van der Waals surface area contributed by atoms with Crippen LogP contribution in [0.3, 0.4) is 0 Å². The van der Waals surface area contributed by atoms with Crippen LogP contribution >= 0.6 is 59.8 Å². The average molecular weight is 1540 g/mol. The summed E-state index contributed by atoms with van der Waals surface area (Å²) in [7, 11) is 0. The Bertz CT molecular complexity index is 886. The standard InChI is InChI=1S/C40H81I.C40H82O.CH4.I2/c2*1-3-5-7-9-11-13-15-17-19-21-23-25-27-29-31-33-36-40(38-35-39-41)37-34-32-30-28-26-24-22-20-18-16-14-12-10-8-6-4-2;;1-2/h40H,3-39H2,1-2H3;40-41H,3-39H2,1-2H3;1H4;. The maximum Gasteiger partial charge on any atom is 0.0431 e. The molecule has 0 aliphatic carbocycles. The van der Waals surface area contributed by atoms with Crippen LogP contribution in [0.15, 0.2) is 0 Å². The fraction of sp³-hybridized carbons (Fsp3) is 1.00. The number of hydrogen-bond donors (Lipinski definition) is 1. The second-order valence-electron chi connectivity index (χ2n) is 27.8. The first-order valence-corrected chi connectivity index (χ1v) is 47.8. The molecule has 0 aliphatic heterocycles. The summed E-state index contributed by atoms with van der Waals surface area (Å²) in [5, 5.41) is 9.34. The average Bonchev–Trinajstić information content (AvgIpc) is 3.51. The molecular formula is C81H167I3O.